The van der Waals surface area contributed by atoms with Gasteiger partial charge in [-0.3, -0.25) is 4.79 Å². The Balaban J connectivity index is 2.28. The molecule has 0 aliphatic carbocycles. The van der Waals surface area contributed by atoms with Crippen molar-refractivity contribution < 1.29 is 23.5 Å². The fourth-order valence-corrected chi connectivity index (χ4v) is 1.83. The van der Waals surface area contributed by atoms with E-state index in [4.69, 9.17) is 5.11 Å². The lowest BCUT2D eigenvalue weighted by atomic mass is 10.1. The van der Waals surface area contributed by atoms with Gasteiger partial charge in [0.1, 0.15) is 11.6 Å². The number of halogens is 3. The third-order valence-electron chi connectivity index (χ3n) is 2.64. The molecule has 0 aliphatic rings. The maximum atomic E-state index is 13.6. The number of anilines is 1. The summed E-state index contributed by atoms with van der Waals surface area (Å²) in [6, 6.07) is 6.67. The molecule has 4 nitrogen and oxygen atoms in total. The van der Waals surface area contributed by atoms with E-state index in [0.717, 1.165) is 24.3 Å². The third-order valence-corrected chi connectivity index (χ3v) is 3.29. The highest BCUT2D eigenvalue weighted by atomic mass is 79.9. The van der Waals surface area contributed by atoms with Gasteiger partial charge in [-0.05, 0) is 52.3 Å². The van der Waals surface area contributed by atoms with E-state index in [9.17, 15) is 18.4 Å². The lowest BCUT2D eigenvalue weighted by Gasteiger charge is -2.08. The normalized spacial score (nSPS) is 10.2. The molecule has 0 fully saturated rings. The summed E-state index contributed by atoms with van der Waals surface area (Å²) in [5.41, 5.74) is -0.479. The highest BCUT2D eigenvalue weighted by Crippen LogP contribution is 2.20. The molecule has 0 aliphatic heterocycles. The predicted molar refractivity (Wildman–Crippen MR) is 75.4 cm³/mol. The lowest BCUT2D eigenvalue weighted by molar-refractivity contribution is 0.0696. The molecule has 0 bridgehead atoms. The molecule has 0 radical (unpaired) electrons. The van der Waals surface area contributed by atoms with Crippen LogP contribution in [0, 0.1) is 11.6 Å². The first-order valence-corrected chi connectivity index (χ1v) is 6.47. The Morgan fingerprint density at radius 2 is 1.67 bits per heavy atom. The topological polar surface area (TPSA) is 66.4 Å². The molecule has 0 aromatic heterocycles. The quantitative estimate of drug-likeness (QED) is 0.882. The zero-order valence-corrected chi connectivity index (χ0v) is 11.9. The summed E-state index contributed by atoms with van der Waals surface area (Å²) in [6.45, 7) is 0. The number of benzene rings is 2. The first-order chi connectivity index (χ1) is 9.88. The summed E-state index contributed by atoms with van der Waals surface area (Å²) in [5, 5.41) is 11.0. The molecule has 7 heteroatoms. The van der Waals surface area contributed by atoms with Gasteiger partial charge in [0.25, 0.3) is 5.91 Å². The van der Waals surface area contributed by atoms with Crippen LogP contribution >= 0.6 is 15.9 Å². The largest absolute Gasteiger partial charge is 0.478 e. The molecule has 2 aromatic rings. The summed E-state index contributed by atoms with van der Waals surface area (Å²) >= 11 is 2.95. The summed E-state index contributed by atoms with van der Waals surface area (Å²) < 4.78 is 27.1. The van der Waals surface area contributed by atoms with Crippen molar-refractivity contribution in [2.45, 2.75) is 0 Å². The Hall–Kier alpha value is -2.28. The minimum Gasteiger partial charge on any atom is -0.478 e. The highest BCUT2D eigenvalue weighted by molar-refractivity contribution is 9.10. The molecule has 2 aromatic carbocycles. The van der Waals surface area contributed by atoms with Crippen molar-refractivity contribution in [3.63, 3.8) is 0 Å². The molecule has 0 saturated heterocycles. The van der Waals surface area contributed by atoms with Crippen molar-refractivity contribution in [3.8, 4) is 0 Å². The number of carbonyl (C=O) groups is 2. The van der Waals surface area contributed by atoms with Gasteiger partial charge in [0.15, 0.2) is 0 Å². The number of amides is 1. The van der Waals surface area contributed by atoms with Crippen LogP contribution in [0.1, 0.15) is 20.7 Å². The smallest absolute Gasteiger partial charge is 0.335 e. The van der Waals surface area contributed by atoms with Crippen LogP contribution in [0.3, 0.4) is 0 Å². The Morgan fingerprint density at radius 1 is 1.00 bits per heavy atom. The maximum Gasteiger partial charge on any atom is 0.335 e. The van der Waals surface area contributed by atoms with E-state index in [1.807, 2.05) is 0 Å². The first-order valence-electron chi connectivity index (χ1n) is 5.67. The number of nitrogens with one attached hydrogen (secondary N) is 1. The van der Waals surface area contributed by atoms with Crippen LogP contribution in [0.25, 0.3) is 0 Å². The third kappa shape index (κ3) is 3.43. The van der Waals surface area contributed by atoms with Gasteiger partial charge in [0.2, 0.25) is 0 Å². The summed E-state index contributed by atoms with van der Waals surface area (Å²) in [4.78, 5) is 22.7. The van der Waals surface area contributed by atoms with Crippen molar-refractivity contribution in [2.75, 3.05) is 5.32 Å². The molecule has 0 saturated carbocycles. The van der Waals surface area contributed by atoms with Gasteiger partial charge in [-0.1, -0.05) is 0 Å². The van der Waals surface area contributed by atoms with Gasteiger partial charge in [0, 0.05) is 5.56 Å². The molecular weight excluding hydrogens is 348 g/mol. The maximum absolute atomic E-state index is 13.6. The van der Waals surface area contributed by atoms with E-state index in [1.54, 1.807) is 0 Å². The van der Waals surface area contributed by atoms with Gasteiger partial charge in [-0.15, -0.1) is 0 Å². The molecule has 0 spiro atoms. The number of rotatable bonds is 3. The van der Waals surface area contributed by atoms with Crippen molar-refractivity contribution in [1.29, 1.82) is 0 Å². The zero-order valence-electron chi connectivity index (χ0n) is 10.4. The Kier molecular flexibility index (Phi) is 4.32. The molecule has 108 valence electrons. The molecule has 0 unspecified atom stereocenters. The fourth-order valence-electron chi connectivity index (χ4n) is 1.59. The Labute approximate surface area is 126 Å². The fraction of sp³-hybridized carbons (Fsp3) is 0. The van der Waals surface area contributed by atoms with E-state index < -0.39 is 23.5 Å². The Bertz CT molecular complexity index is 734. The van der Waals surface area contributed by atoms with E-state index in [-0.39, 0.29) is 21.3 Å². The second kappa shape index (κ2) is 6.01. The highest BCUT2D eigenvalue weighted by Gasteiger charge is 2.13. The van der Waals surface area contributed by atoms with Gasteiger partial charge in [-0.25, -0.2) is 13.6 Å². The molecule has 0 heterocycles. The minimum absolute atomic E-state index is 0.0178. The number of hydrogen-bond acceptors (Lipinski definition) is 2. The van der Waals surface area contributed by atoms with Crippen LogP contribution in [0.5, 0.6) is 0 Å². The van der Waals surface area contributed by atoms with E-state index in [1.165, 1.54) is 12.1 Å². The standard InChI is InChI=1S/C14H8BrF2NO3/c15-9-3-1-7(5-11(9)17)13(19)18-12-6-8(14(20)21)2-4-10(12)16/h1-6H,(H,18,19)(H,20,21). The van der Waals surface area contributed by atoms with Crippen molar-refractivity contribution in [2.24, 2.45) is 0 Å². The molecule has 0 atom stereocenters. The van der Waals surface area contributed by atoms with Crippen molar-refractivity contribution in [3.05, 3.63) is 63.6 Å². The molecule has 1 amide bonds. The van der Waals surface area contributed by atoms with Crippen LogP contribution in [0.15, 0.2) is 40.9 Å². The van der Waals surface area contributed by atoms with Crippen LogP contribution in [0.2, 0.25) is 0 Å². The summed E-state index contributed by atoms with van der Waals surface area (Å²) in [6.07, 6.45) is 0. The molecular formula is C14H8BrF2NO3. The van der Waals surface area contributed by atoms with Gasteiger partial charge in [-0.2, -0.15) is 0 Å². The molecule has 2 N–H and O–H groups in total. The average Bonchev–Trinajstić information content (AvgIpc) is 2.43. The van der Waals surface area contributed by atoms with Gasteiger partial charge < -0.3 is 10.4 Å². The summed E-state index contributed by atoms with van der Waals surface area (Å²) in [5.74, 6) is -3.42. The van der Waals surface area contributed by atoms with Crippen LogP contribution in [-0.4, -0.2) is 17.0 Å². The molecule has 21 heavy (non-hydrogen) atoms. The van der Waals surface area contributed by atoms with Gasteiger partial charge >= 0.3 is 5.97 Å². The Morgan fingerprint density at radius 3 is 2.29 bits per heavy atom. The van der Waals surface area contributed by atoms with Gasteiger partial charge in [0.05, 0.1) is 15.7 Å². The number of carboxylic acids is 1. The second-order valence-electron chi connectivity index (χ2n) is 4.08. The average molecular weight is 356 g/mol. The predicted octanol–water partition coefficient (Wildman–Crippen LogP) is 3.68. The van der Waals surface area contributed by atoms with E-state index >= 15 is 0 Å². The second-order valence-corrected chi connectivity index (χ2v) is 4.94. The monoisotopic (exact) mass is 355 g/mol. The zero-order chi connectivity index (χ0) is 15.6. The van der Waals surface area contributed by atoms with E-state index in [2.05, 4.69) is 21.2 Å². The molecule has 2 rings (SSSR count). The lowest BCUT2D eigenvalue weighted by Crippen LogP contribution is -2.14. The number of carbonyl (C=O) groups excluding carboxylic acids is 1. The number of carboxylic acid groups (broad SMARTS) is 1. The van der Waals surface area contributed by atoms with Crippen LogP contribution in [0.4, 0.5) is 14.5 Å². The van der Waals surface area contributed by atoms with Crippen molar-refractivity contribution in [1.82, 2.24) is 0 Å². The SMILES string of the molecule is O=C(O)c1ccc(F)c(NC(=O)c2ccc(Br)c(F)c2)c1. The first kappa shape index (κ1) is 15.1. The van der Waals surface area contributed by atoms with Crippen LogP contribution < -0.4 is 5.32 Å². The van der Waals surface area contributed by atoms with E-state index in [0.29, 0.717) is 0 Å². The van der Waals surface area contributed by atoms with Crippen LogP contribution in [-0.2, 0) is 0 Å². The number of hydrogen-bond donors (Lipinski definition) is 2. The number of aromatic carboxylic acids is 1. The summed E-state index contributed by atoms with van der Waals surface area (Å²) in [7, 11) is 0. The van der Waals surface area contributed by atoms with Crippen molar-refractivity contribution >= 4 is 33.5 Å². The minimum atomic E-state index is -1.25.